The summed E-state index contributed by atoms with van der Waals surface area (Å²) < 4.78 is 19.4. The standard InChI is InChI=1S/C32H47ClN4O3Si2/c1-21-26(18-17-25(19-34)27(21)33)35-28(22(2)40-42(11,12)32(6,7)8)30-37-36-29(39-30)24-15-13-23(14-16-24)20-38-41(9,10)31(3,4)5/h13-18,22,28,35H,20H2,1-12H3. The molecule has 0 bridgehead atoms. The van der Waals surface area contributed by atoms with E-state index in [1.165, 1.54) is 0 Å². The maximum atomic E-state index is 9.40. The monoisotopic (exact) mass is 626 g/mol. The lowest BCUT2D eigenvalue weighted by Crippen LogP contribution is -2.45. The lowest BCUT2D eigenvalue weighted by Gasteiger charge is -2.40. The minimum Gasteiger partial charge on any atom is -0.418 e. The van der Waals surface area contributed by atoms with Gasteiger partial charge in [0.2, 0.25) is 11.8 Å². The van der Waals surface area contributed by atoms with Crippen molar-refractivity contribution >= 4 is 33.9 Å². The van der Waals surface area contributed by atoms with Crippen molar-refractivity contribution in [2.75, 3.05) is 5.32 Å². The molecule has 0 aliphatic carbocycles. The maximum Gasteiger partial charge on any atom is 0.247 e. The maximum absolute atomic E-state index is 9.40. The predicted molar refractivity (Wildman–Crippen MR) is 177 cm³/mol. The summed E-state index contributed by atoms with van der Waals surface area (Å²) in [7, 11) is -3.97. The molecule has 0 saturated heterocycles. The van der Waals surface area contributed by atoms with Crippen molar-refractivity contribution in [3.8, 4) is 17.5 Å². The molecule has 1 N–H and O–H groups in total. The molecule has 2 atom stereocenters. The summed E-state index contributed by atoms with van der Waals surface area (Å²) in [6.45, 7) is 26.8. The molecule has 7 nitrogen and oxygen atoms in total. The fourth-order valence-electron chi connectivity index (χ4n) is 3.89. The lowest BCUT2D eigenvalue weighted by atomic mass is 10.1. The Morgan fingerprint density at radius 2 is 1.55 bits per heavy atom. The van der Waals surface area contributed by atoms with E-state index in [9.17, 15) is 5.26 Å². The van der Waals surface area contributed by atoms with Gasteiger partial charge in [-0.3, -0.25) is 0 Å². The van der Waals surface area contributed by atoms with Gasteiger partial charge >= 0.3 is 0 Å². The minimum atomic E-state index is -2.13. The van der Waals surface area contributed by atoms with Crippen LogP contribution in [0.4, 0.5) is 5.69 Å². The van der Waals surface area contributed by atoms with Crippen LogP contribution in [0.2, 0.25) is 41.3 Å². The number of aromatic nitrogens is 2. The summed E-state index contributed by atoms with van der Waals surface area (Å²) in [5.74, 6) is 0.851. The Morgan fingerprint density at radius 3 is 2.10 bits per heavy atom. The van der Waals surface area contributed by atoms with Gasteiger partial charge in [-0.2, -0.15) is 5.26 Å². The number of nitrogens with zero attached hydrogens (tertiary/aromatic N) is 3. The normalized spacial score (nSPS) is 14.4. The van der Waals surface area contributed by atoms with Gasteiger partial charge in [-0.1, -0.05) is 65.3 Å². The number of benzene rings is 2. The quantitative estimate of drug-likeness (QED) is 0.224. The van der Waals surface area contributed by atoms with E-state index in [1.54, 1.807) is 6.07 Å². The van der Waals surface area contributed by atoms with Crippen molar-refractivity contribution in [3.05, 3.63) is 64.0 Å². The molecule has 0 fully saturated rings. The van der Waals surface area contributed by atoms with Crippen LogP contribution in [0.1, 0.15) is 77.1 Å². The topological polar surface area (TPSA) is 93.2 Å². The predicted octanol–water partition coefficient (Wildman–Crippen LogP) is 9.66. The Bertz CT molecular complexity index is 1420. The van der Waals surface area contributed by atoms with Gasteiger partial charge in [0.25, 0.3) is 0 Å². The molecule has 3 aromatic rings. The molecule has 3 rings (SSSR count). The number of halogens is 1. The van der Waals surface area contributed by atoms with Gasteiger partial charge in [0.05, 0.1) is 23.3 Å². The number of nitrogens with one attached hydrogen (secondary N) is 1. The molecule has 0 radical (unpaired) electrons. The van der Waals surface area contributed by atoms with E-state index < -0.39 is 22.7 Å². The first-order valence-electron chi connectivity index (χ1n) is 14.5. The molecule has 0 aliphatic heterocycles. The molecule has 0 amide bonds. The molecule has 2 aromatic carbocycles. The summed E-state index contributed by atoms with van der Waals surface area (Å²) in [5.41, 5.74) is 3.92. The highest BCUT2D eigenvalue weighted by molar-refractivity contribution is 6.74. The fraction of sp³-hybridized carbons (Fsp3) is 0.531. The average Bonchev–Trinajstić information content (AvgIpc) is 3.37. The zero-order valence-corrected chi connectivity index (χ0v) is 30.0. The number of hydrogen-bond acceptors (Lipinski definition) is 7. The number of rotatable bonds is 10. The van der Waals surface area contributed by atoms with Crippen LogP contribution in [-0.4, -0.2) is 32.9 Å². The van der Waals surface area contributed by atoms with Crippen LogP contribution in [0, 0.1) is 18.3 Å². The first-order chi connectivity index (χ1) is 19.3. The van der Waals surface area contributed by atoms with Crippen molar-refractivity contribution in [1.29, 1.82) is 5.26 Å². The van der Waals surface area contributed by atoms with Crippen molar-refractivity contribution in [2.24, 2.45) is 0 Å². The van der Waals surface area contributed by atoms with Crippen molar-refractivity contribution < 1.29 is 13.3 Å². The second-order valence-electron chi connectivity index (χ2n) is 14.1. The third kappa shape index (κ3) is 7.72. The highest BCUT2D eigenvalue weighted by Gasteiger charge is 2.41. The Balaban J connectivity index is 1.90. The van der Waals surface area contributed by atoms with Crippen molar-refractivity contribution in [1.82, 2.24) is 10.2 Å². The number of hydrogen-bond donors (Lipinski definition) is 1. The van der Waals surface area contributed by atoms with Crippen LogP contribution in [-0.2, 0) is 15.5 Å². The molecular weight excluding hydrogens is 580 g/mol. The Labute approximate surface area is 259 Å². The van der Waals surface area contributed by atoms with Crippen LogP contribution in [0.3, 0.4) is 0 Å². The summed E-state index contributed by atoms with van der Waals surface area (Å²) in [6, 6.07) is 13.3. The second-order valence-corrected chi connectivity index (χ2v) is 24.1. The molecule has 10 heteroatoms. The summed E-state index contributed by atoms with van der Waals surface area (Å²) >= 11 is 6.50. The molecule has 0 saturated carbocycles. The van der Waals surface area contributed by atoms with E-state index in [0.29, 0.717) is 29.0 Å². The Kier molecular flexibility index (Phi) is 10.2. The number of nitriles is 1. The molecule has 42 heavy (non-hydrogen) atoms. The SMILES string of the molecule is Cc1c(NC(c2nnc(-c3ccc(CO[Si](C)(C)C(C)(C)C)cc3)o2)C(C)O[Si](C)(C)C(C)(C)C)ccc(C#N)c1Cl. The Hall–Kier alpha value is -2.49. The van der Waals surface area contributed by atoms with Crippen LogP contribution in [0.15, 0.2) is 40.8 Å². The molecule has 2 unspecified atom stereocenters. The third-order valence-corrected chi connectivity index (χ3v) is 18.4. The molecule has 228 valence electrons. The van der Waals surface area contributed by atoms with Gasteiger partial charge in [-0.15, -0.1) is 10.2 Å². The summed E-state index contributed by atoms with van der Waals surface area (Å²) in [4.78, 5) is 0. The zero-order chi connectivity index (χ0) is 31.7. The molecule has 1 heterocycles. The number of anilines is 1. The largest absolute Gasteiger partial charge is 0.418 e. The molecule has 0 spiro atoms. The van der Waals surface area contributed by atoms with Gasteiger partial charge in [-0.05, 0) is 85.5 Å². The van der Waals surface area contributed by atoms with Crippen LogP contribution in [0.5, 0.6) is 0 Å². The van der Waals surface area contributed by atoms with Gasteiger partial charge in [0.15, 0.2) is 16.6 Å². The van der Waals surface area contributed by atoms with E-state index in [-0.39, 0.29) is 16.2 Å². The first-order valence-corrected chi connectivity index (χ1v) is 20.7. The van der Waals surface area contributed by atoms with Gasteiger partial charge < -0.3 is 18.6 Å². The van der Waals surface area contributed by atoms with Crippen molar-refractivity contribution in [2.45, 2.75) is 110 Å². The third-order valence-electron chi connectivity index (χ3n) is 8.89. The highest BCUT2D eigenvalue weighted by atomic mass is 35.5. The molecular formula is C32H47ClN4O3Si2. The van der Waals surface area contributed by atoms with E-state index in [0.717, 1.165) is 22.4 Å². The summed E-state index contributed by atoms with van der Waals surface area (Å²) in [6.07, 6.45) is -0.289. The van der Waals surface area contributed by atoms with Crippen molar-refractivity contribution in [3.63, 3.8) is 0 Å². The van der Waals surface area contributed by atoms with E-state index in [4.69, 9.17) is 24.9 Å². The van der Waals surface area contributed by atoms with E-state index >= 15 is 0 Å². The van der Waals surface area contributed by atoms with Gasteiger partial charge in [0.1, 0.15) is 12.1 Å². The van der Waals surface area contributed by atoms with Crippen LogP contribution >= 0.6 is 11.6 Å². The highest BCUT2D eigenvalue weighted by Crippen LogP contribution is 2.40. The zero-order valence-electron chi connectivity index (χ0n) is 27.3. The van der Waals surface area contributed by atoms with Gasteiger partial charge in [0, 0.05) is 11.3 Å². The van der Waals surface area contributed by atoms with Crippen LogP contribution < -0.4 is 5.32 Å². The average molecular weight is 627 g/mol. The van der Waals surface area contributed by atoms with E-state index in [1.807, 2.05) is 44.2 Å². The smallest absolute Gasteiger partial charge is 0.247 e. The van der Waals surface area contributed by atoms with E-state index in [2.05, 4.69) is 89.3 Å². The molecule has 1 aromatic heterocycles. The summed E-state index contributed by atoms with van der Waals surface area (Å²) in [5, 5.41) is 22.4. The Morgan fingerprint density at radius 1 is 0.952 bits per heavy atom. The fourth-order valence-corrected chi connectivity index (χ4v) is 6.47. The van der Waals surface area contributed by atoms with Crippen LogP contribution in [0.25, 0.3) is 11.5 Å². The first kappa shape index (κ1) is 34.0. The minimum absolute atomic E-state index is 0.0233. The lowest BCUT2D eigenvalue weighted by molar-refractivity contribution is 0.166. The second kappa shape index (κ2) is 12.6. The molecule has 0 aliphatic rings. The van der Waals surface area contributed by atoms with Gasteiger partial charge in [-0.25, -0.2) is 0 Å².